The fourth-order valence-corrected chi connectivity index (χ4v) is 3.60. The molecule has 0 spiro atoms. The molecule has 0 unspecified atom stereocenters. The van der Waals surface area contributed by atoms with Crippen LogP contribution in [0.1, 0.15) is 24.7 Å². The van der Waals surface area contributed by atoms with Gasteiger partial charge in [-0.15, -0.1) is 0 Å². The molecular weight excluding hydrogens is 326 g/mol. The van der Waals surface area contributed by atoms with Gasteiger partial charge in [0.1, 0.15) is 0 Å². The zero-order valence-electron chi connectivity index (χ0n) is 12.1. The molecule has 1 aliphatic heterocycles. The molecule has 6 nitrogen and oxygen atoms in total. The van der Waals surface area contributed by atoms with Gasteiger partial charge in [-0.25, -0.2) is 12.7 Å². The van der Waals surface area contributed by atoms with E-state index in [2.05, 4.69) is 10.1 Å². The topological polar surface area (TPSA) is 76.3 Å². The Morgan fingerprint density at radius 1 is 1.32 bits per heavy atom. The molecule has 0 radical (unpaired) electrons. The Bertz CT molecular complexity index is 758. The van der Waals surface area contributed by atoms with Gasteiger partial charge in [0, 0.05) is 23.7 Å². The monoisotopic (exact) mass is 341 g/mol. The van der Waals surface area contributed by atoms with Gasteiger partial charge in [0.15, 0.2) is 0 Å². The minimum Gasteiger partial charge on any atom is -0.339 e. The van der Waals surface area contributed by atoms with E-state index in [0.717, 1.165) is 18.4 Å². The van der Waals surface area contributed by atoms with Crippen LogP contribution in [-0.4, -0.2) is 42.2 Å². The van der Waals surface area contributed by atoms with Crippen molar-refractivity contribution in [3.8, 4) is 11.4 Å². The largest absolute Gasteiger partial charge is 0.339 e. The summed E-state index contributed by atoms with van der Waals surface area (Å²) in [5.74, 6) is 0.915. The van der Waals surface area contributed by atoms with Gasteiger partial charge in [-0.1, -0.05) is 16.8 Å². The maximum atomic E-state index is 11.7. The van der Waals surface area contributed by atoms with Gasteiger partial charge in [-0.3, -0.25) is 0 Å². The van der Waals surface area contributed by atoms with Crippen molar-refractivity contribution >= 4 is 21.6 Å². The molecule has 0 aliphatic carbocycles. The first-order chi connectivity index (χ1) is 10.4. The van der Waals surface area contributed by atoms with Crippen LogP contribution in [0.25, 0.3) is 11.4 Å². The lowest BCUT2D eigenvalue weighted by Gasteiger charge is -2.28. The Morgan fingerprint density at radius 3 is 2.73 bits per heavy atom. The Labute approximate surface area is 134 Å². The zero-order chi connectivity index (χ0) is 15.7. The molecule has 0 N–H and O–H groups in total. The number of benzene rings is 1. The van der Waals surface area contributed by atoms with E-state index in [1.807, 2.05) is 12.1 Å². The van der Waals surface area contributed by atoms with E-state index in [9.17, 15) is 8.42 Å². The summed E-state index contributed by atoms with van der Waals surface area (Å²) in [5.41, 5.74) is 0.815. The van der Waals surface area contributed by atoms with Crippen molar-refractivity contribution in [3.05, 3.63) is 35.2 Å². The lowest BCUT2D eigenvalue weighted by atomic mass is 10.00. The number of aromatic nitrogens is 2. The zero-order valence-corrected chi connectivity index (χ0v) is 13.6. The third-order valence-electron chi connectivity index (χ3n) is 3.75. The fourth-order valence-electron chi connectivity index (χ4n) is 2.56. The van der Waals surface area contributed by atoms with Gasteiger partial charge in [0.2, 0.25) is 21.7 Å². The van der Waals surface area contributed by atoms with Gasteiger partial charge in [-0.05, 0) is 37.1 Å². The van der Waals surface area contributed by atoms with Gasteiger partial charge in [0.05, 0.1) is 12.2 Å². The summed E-state index contributed by atoms with van der Waals surface area (Å²) < 4.78 is 30.1. The van der Waals surface area contributed by atoms with Crippen molar-refractivity contribution in [1.82, 2.24) is 14.4 Å². The van der Waals surface area contributed by atoms with E-state index in [0.29, 0.717) is 29.8 Å². The molecular formula is C14H16ClN3O3S. The highest BCUT2D eigenvalue weighted by Gasteiger charge is 2.30. The molecule has 1 aromatic carbocycles. The predicted octanol–water partition coefficient (Wildman–Crippen LogP) is 2.53. The standard InChI is InChI=1S/C14H16ClN3O3S/c1-22(19,20)18-8-2-3-11(9-18)14-16-13(17-21-14)10-4-6-12(15)7-5-10/h4-7,11H,2-3,8-9H2,1H3/t11-/m1/s1. The van der Waals surface area contributed by atoms with Crippen molar-refractivity contribution in [2.75, 3.05) is 19.3 Å². The van der Waals surface area contributed by atoms with E-state index >= 15 is 0 Å². The highest BCUT2D eigenvalue weighted by molar-refractivity contribution is 7.88. The number of piperidine rings is 1. The van der Waals surface area contributed by atoms with Crippen molar-refractivity contribution in [2.45, 2.75) is 18.8 Å². The van der Waals surface area contributed by atoms with Crippen LogP contribution in [0.5, 0.6) is 0 Å². The molecule has 1 saturated heterocycles. The summed E-state index contributed by atoms with van der Waals surface area (Å²) in [6.07, 6.45) is 2.85. The third kappa shape index (κ3) is 3.31. The minimum atomic E-state index is -3.19. The number of hydrogen-bond acceptors (Lipinski definition) is 5. The summed E-state index contributed by atoms with van der Waals surface area (Å²) >= 11 is 5.86. The first-order valence-corrected chi connectivity index (χ1v) is 9.21. The highest BCUT2D eigenvalue weighted by atomic mass is 35.5. The fraction of sp³-hybridized carbons (Fsp3) is 0.429. The molecule has 1 aromatic heterocycles. The second-order valence-electron chi connectivity index (χ2n) is 5.42. The van der Waals surface area contributed by atoms with E-state index in [1.54, 1.807) is 12.1 Å². The molecule has 8 heteroatoms. The quantitative estimate of drug-likeness (QED) is 0.857. The van der Waals surface area contributed by atoms with Crippen LogP contribution in [0.3, 0.4) is 0 Å². The Morgan fingerprint density at radius 2 is 2.05 bits per heavy atom. The van der Waals surface area contributed by atoms with E-state index in [1.165, 1.54) is 10.6 Å². The van der Waals surface area contributed by atoms with Gasteiger partial charge in [-0.2, -0.15) is 4.98 Å². The second kappa shape index (κ2) is 5.98. The maximum Gasteiger partial charge on any atom is 0.231 e. The average Bonchev–Trinajstić information content (AvgIpc) is 2.97. The lowest BCUT2D eigenvalue weighted by Crippen LogP contribution is -2.38. The Hall–Kier alpha value is -1.44. The molecule has 0 amide bonds. The molecule has 118 valence electrons. The molecule has 2 heterocycles. The lowest BCUT2D eigenvalue weighted by molar-refractivity contribution is 0.266. The molecule has 0 bridgehead atoms. The molecule has 1 aliphatic rings. The van der Waals surface area contributed by atoms with E-state index < -0.39 is 10.0 Å². The van der Waals surface area contributed by atoms with Crippen molar-refractivity contribution in [3.63, 3.8) is 0 Å². The normalized spacial score (nSPS) is 20.2. The average molecular weight is 342 g/mol. The minimum absolute atomic E-state index is 0.0583. The van der Waals surface area contributed by atoms with Crippen LogP contribution in [-0.2, 0) is 10.0 Å². The van der Waals surface area contributed by atoms with Crippen molar-refractivity contribution in [2.24, 2.45) is 0 Å². The van der Waals surface area contributed by atoms with Gasteiger partial charge in [0.25, 0.3) is 0 Å². The van der Waals surface area contributed by atoms with Crippen molar-refractivity contribution in [1.29, 1.82) is 0 Å². The van der Waals surface area contributed by atoms with Crippen LogP contribution < -0.4 is 0 Å². The van der Waals surface area contributed by atoms with Gasteiger partial charge >= 0.3 is 0 Å². The first kappa shape index (κ1) is 15.5. The summed E-state index contributed by atoms with van der Waals surface area (Å²) in [5, 5.41) is 4.62. The van der Waals surface area contributed by atoms with Gasteiger partial charge < -0.3 is 4.52 Å². The molecule has 1 atom stereocenters. The summed E-state index contributed by atoms with van der Waals surface area (Å²) in [6, 6.07) is 7.17. The summed E-state index contributed by atoms with van der Waals surface area (Å²) in [6.45, 7) is 0.939. The number of hydrogen-bond donors (Lipinski definition) is 0. The van der Waals surface area contributed by atoms with E-state index in [4.69, 9.17) is 16.1 Å². The van der Waals surface area contributed by atoms with Crippen LogP contribution in [0, 0.1) is 0 Å². The molecule has 22 heavy (non-hydrogen) atoms. The number of halogens is 1. The van der Waals surface area contributed by atoms with Crippen LogP contribution >= 0.6 is 11.6 Å². The number of sulfonamides is 1. The SMILES string of the molecule is CS(=O)(=O)N1CCC[C@@H](c2nc(-c3ccc(Cl)cc3)no2)C1. The van der Waals surface area contributed by atoms with Crippen LogP contribution in [0.2, 0.25) is 5.02 Å². The summed E-state index contributed by atoms with van der Waals surface area (Å²) in [7, 11) is -3.19. The molecule has 2 aromatic rings. The Balaban J connectivity index is 1.80. The third-order valence-corrected chi connectivity index (χ3v) is 5.27. The number of nitrogens with zero attached hydrogens (tertiary/aromatic N) is 3. The van der Waals surface area contributed by atoms with E-state index in [-0.39, 0.29) is 5.92 Å². The maximum absolute atomic E-state index is 11.7. The molecule has 0 saturated carbocycles. The first-order valence-electron chi connectivity index (χ1n) is 6.98. The second-order valence-corrected chi connectivity index (χ2v) is 7.84. The highest BCUT2D eigenvalue weighted by Crippen LogP contribution is 2.28. The molecule has 3 rings (SSSR count). The molecule has 1 fully saturated rings. The summed E-state index contributed by atoms with van der Waals surface area (Å²) in [4.78, 5) is 4.41. The predicted molar refractivity (Wildman–Crippen MR) is 83.1 cm³/mol. The van der Waals surface area contributed by atoms with Crippen LogP contribution in [0.4, 0.5) is 0 Å². The van der Waals surface area contributed by atoms with Crippen molar-refractivity contribution < 1.29 is 12.9 Å². The number of rotatable bonds is 3. The Kier molecular flexibility index (Phi) is 4.20. The smallest absolute Gasteiger partial charge is 0.231 e. The van der Waals surface area contributed by atoms with Crippen LogP contribution in [0.15, 0.2) is 28.8 Å².